The number of fused-ring (bicyclic) bond motifs is 2. The molecule has 6 rings (SSSR count). The van der Waals surface area contributed by atoms with E-state index in [0.29, 0.717) is 18.0 Å². The van der Waals surface area contributed by atoms with Crippen molar-refractivity contribution in [2.45, 2.75) is 44.6 Å². The van der Waals surface area contributed by atoms with Gasteiger partial charge in [-0.2, -0.15) is 0 Å². The highest BCUT2D eigenvalue weighted by Crippen LogP contribution is 2.44. The van der Waals surface area contributed by atoms with Crippen LogP contribution in [-0.2, 0) is 6.42 Å². The van der Waals surface area contributed by atoms with Crippen molar-refractivity contribution in [1.29, 1.82) is 0 Å². The lowest BCUT2D eigenvalue weighted by atomic mass is 9.92. The molecule has 1 amide bonds. The number of imidazole rings is 1. The van der Waals surface area contributed by atoms with Crippen LogP contribution in [0.1, 0.15) is 54.1 Å². The van der Waals surface area contributed by atoms with Gasteiger partial charge in [0.15, 0.2) is 0 Å². The molecule has 0 radical (unpaired) electrons. The molecule has 3 heterocycles. The van der Waals surface area contributed by atoms with E-state index in [9.17, 15) is 4.79 Å². The fraction of sp³-hybridized carbons (Fsp3) is 0.444. The van der Waals surface area contributed by atoms with E-state index in [0.717, 1.165) is 59.8 Å². The van der Waals surface area contributed by atoms with E-state index >= 15 is 0 Å². The van der Waals surface area contributed by atoms with E-state index in [-0.39, 0.29) is 5.91 Å². The summed E-state index contributed by atoms with van der Waals surface area (Å²) in [6.45, 7) is 3.68. The standard InChI is InChI=1S/C27H32N6O/c1-31-11-13-32(14-12-31)24-16-21(26-20(9-10-29-26)25(24)27(28)34)18-7-8-23-22(15-18)30-17-33(23)19-5-3-2-4-6-19/h7-8,10,15-17,19H,2-6,9,11-14H2,1H3,(H2,28,34). The molecule has 0 spiro atoms. The second kappa shape index (κ2) is 8.55. The van der Waals surface area contributed by atoms with Gasteiger partial charge in [0.05, 0.1) is 34.3 Å². The third-order valence-electron chi connectivity index (χ3n) is 7.84. The number of carbonyl (C=O) groups is 1. The Balaban J connectivity index is 1.45. The van der Waals surface area contributed by atoms with Gasteiger partial charge in [-0.3, -0.25) is 9.79 Å². The van der Waals surface area contributed by atoms with Crippen LogP contribution < -0.4 is 10.6 Å². The number of nitrogens with two attached hydrogens (primary N) is 1. The summed E-state index contributed by atoms with van der Waals surface area (Å²) in [7, 11) is 2.13. The molecule has 7 nitrogen and oxygen atoms in total. The first-order valence-electron chi connectivity index (χ1n) is 12.5. The molecular weight excluding hydrogens is 424 g/mol. The van der Waals surface area contributed by atoms with Crippen molar-refractivity contribution >= 4 is 34.5 Å². The predicted octanol–water partition coefficient (Wildman–Crippen LogP) is 4.32. The number of carbonyl (C=O) groups excluding carboxylic acids is 1. The van der Waals surface area contributed by atoms with Crippen LogP contribution in [0.5, 0.6) is 0 Å². The van der Waals surface area contributed by atoms with Crippen molar-refractivity contribution in [3.63, 3.8) is 0 Å². The molecular formula is C27H32N6O. The Bertz CT molecular complexity index is 1280. The van der Waals surface area contributed by atoms with E-state index < -0.39 is 0 Å². The third kappa shape index (κ3) is 3.59. The number of piperazine rings is 1. The van der Waals surface area contributed by atoms with Crippen LogP contribution in [-0.4, -0.2) is 59.8 Å². The van der Waals surface area contributed by atoms with E-state index in [2.05, 4.69) is 45.7 Å². The fourth-order valence-electron chi connectivity index (χ4n) is 5.93. The van der Waals surface area contributed by atoms with Crippen LogP contribution in [0.3, 0.4) is 0 Å². The summed E-state index contributed by atoms with van der Waals surface area (Å²) in [6.07, 6.45) is 11.0. The van der Waals surface area contributed by atoms with Crippen molar-refractivity contribution in [3.8, 4) is 11.1 Å². The topological polar surface area (TPSA) is 79.8 Å². The van der Waals surface area contributed by atoms with Crippen molar-refractivity contribution in [3.05, 3.63) is 41.7 Å². The summed E-state index contributed by atoms with van der Waals surface area (Å²) < 4.78 is 2.37. The lowest BCUT2D eigenvalue weighted by molar-refractivity contribution is 0.1000. The summed E-state index contributed by atoms with van der Waals surface area (Å²) in [5, 5.41) is 0. The first-order valence-corrected chi connectivity index (χ1v) is 12.5. The van der Waals surface area contributed by atoms with Gasteiger partial charge in [0, 0.05) is 50.4 Å². The second-order valence-corrected chi connectivity index (χ2v) is 9.96. The van der Waals surface area contributed by atoms with Crippen molar-refractivity contribution in [2.75, 3.05) is 38.1 Å². The number of rotatable bonds is 4. The van der Waals surface area contributed by atoms with Crippen LogP contribution in [0.2, 0.25) is 0 Å². The number of benzene rings is 2. The van der Waals surface area contributed by atoms with Crippen LogP contribution >= 0.6 is 0 Å². The van der Waals surface area contributed by atoms with Gasteiger partial charge in [-0.1, -0.05) is 25.3 Å². The van der Waals surface area contributed by atoms with Gasteiger partial charge in [0.2, 0.25) is 0 Å². The number of aliphatic imine (C=N–C) groups is 1. The normalized spacial score (nSPS) is 19.1. The largest absolute Gasteiger partial charge is 0.368 e. The maximum Gasteiger partial charge on any atom is 0.251 e. The monoisotopic (exact) mass is 456 g/mol. The molecule has 3 aromatic rings. The molecule has 2 fully saturated rings. The molecule has 7 heteroatoms. The molecule has 1 saturated heterocycles. The highest BCUT2D eigenvalue weighted by atomic mass is 16.1. The number of likely N-dealkylation sites (N-methyl/N-ethyl adjacent to an activating group) is 1. The number of amides is 1. The fourth-order valence-corrected chi connectivity index (χ4v) is 5.93. The highest BCUT2D eigenvalue weighted by Gasteiger charge is 2.28. The number of hydrogen-bond donors (Lipinski definition) is 1. The van der Waals surface area contributed by atoms with Crippen molar-refractivity contribution in [1.82, 2.24) is 14.5 Å². The Labute approximate surface area is 200 Å². The number of hydrogen-bond acceptors (Lipinski definition) is 5. The molecule has 2 N–H and O–H groups in total. The minimum absolute atomic E-state index is 0.371. The van der Waals surface area contributed by atoms with Gasteiger partial charge in [-0.15, -0.1) is 0 Å². The molecule has 1 saturated carbocycles. The van der Waals surface area contributed by atoms with Crippen LogP contribution in [0.15, 0.2) is 35.6 Å². The minimum atomic E-state index is -0.371. The molecule has 34 heavy (non-hydrogen) atoms. The Morgan fingerprint density at radius 3 is 2.62 bits per heavy atom. The van der Waals surface area contributed by atoms with Crippen molar-refractivity contribution in [2.24, 2.45) is 10.7 Å². The van der Waals surface area contributed by atoms with Crippen LogP contribution in [0.4, 0.5) is 11.4 Å². The zero-order chi connectivity index (χ0) is 23.2. The predicted molar refractivity (Wildman–Crippen MR) is 137 cm³/mol. The van der Waals surface area contributed by atoms with Gasteiger partial charge in [-0.05, 0) is 49.2 Å². The summed E-state index contributed by atoms with van der Waals surface area (Å²) in [6, 6.07) is 9.25. The zero-order valence-corrected chi connectivity index (χ0v) is 19.8. The third-order valence-corrected chi connectivity index (χ3v) is 7.84. The molecule has 1 aliphatic carbocycles. The molecule has 2 aromatic carbocycles. The minimum Gasteiger partial charge on any atom is -0.368 e. The van der Waals surface area contributed by atoms with Crippen molar-refractivity contribution < 1.29 is 4.79 Å². The zero-order valence-electron chi connectivity index (χ0n) is 19.8. The Morgan fingerprint density at radius 1 is 1.06 bits per heavy atom. The van der Waals surface area contributed by atoms with Gasteiger partial charge < -0.3 is 20.1 Å². The number of aromatic nitrogens is 2. The van der Waals surface area contributed by atoms with Gasteiger partial charge in [0.1, 0.15) is 0 Å². The number of anilines is 1. The van der Waals surface area contributed by atoms with Gasteiger partial charge >= 0.3 is 0 Å². The summed E-state index contributed by atoms with van der Waals surface area (Å²) >= 11 is 0. The SMILES string of the molecule is CN1CCN(c2cc(-c3ccc4c(c3)ncn4C3CCCCC3)c3c(c2C(N)=O)CC=N3)CC1. The maximum atomic E-state index is 12.6. The molecule has 2 aliphatic heterocycles. The average molecular weight is 457 g/mol. The molecule has 3 aliphatic rings. The Hall–Kier alpha value is -3.19. The lowest BCUT2D eigenvalue weighted by Gasteiger charge is -2.35. The second-order valence-electron chi connectivity index (χ2n) is 9.96. The number of primary amides is 1. The van der Waals surface area contributed by atoms with E-state index in [1.807, 2.05) is 12.5 Å². The highest BCUT2D eigenvalue weighted by molar-refractivity contribution is 6.06. The number of nitrogens with zero attached hydrogens (tertiary/aromatic N) is 5. The van der Waals surface area contributed by atoms with E-state index in [1.165, 1.54) is 37.6 Å². The first-order chi connectivity index (χ1) is 16.6. The van der Waals surface area contributed by atoms with Gasteiger partial charge in [0.25, 0.3) is 5.91 Å². The van der Waals surface area contributed by atoms with Crippen LogP contribution in [0, 0.1) is 0 Å². The smallest absolute Gasteiger partial charge is 0.251 e. The quantitative estimate of drug-likeness (QED) is 0.634. The summed E-state index contributed by atoms with van der Waals surface area (Å²) in [5.74, 6) is -0.371. The molecule has 0 unspecified atom stereocenters. The van der Waals surface area contributed by atoms with E-state index in [4.69, 9.17) is 15.7 Å². The maximum absolute atomic E-state index is 12.6. The molecule has 176 valence electrons. The molecule has 0 bridgehead atoms. The summed E-state index contributed by atoms with van der Waals surface area (Å²) in [5.41, 5.74) is 13.7. The molecule has 1 aromatic heterocycles. The van der Waals surface area contributed by atoms with E-state index in [1.54, 1.807) is 0 Å². The first kappa shape index (κ1) is 21.4. The summed E-state index contributed by atoms with van der Waals surface area (Å²) in [4.78, 5) is 26.7. The van der Waals surface area contributed by atoms with Gasteiger partial charge in [-0.25, -0.2) is 4.98 Å². The lowest BCUT2D eigenvalue weighted by Crippen LogP contribution is -2.45. The molecule has 0 atom stereocenters. The average Bonchev–Trinajstić information content (AvgIpc) is 3.51. The Kier molecular flexibility index (Phi) is 5.37. The Morgan fingerprint density at radius 2 is 1.85 bits per heavy atom. The van der Waals surface area contributed by atoms with Crippen LogP contribution in [0.25, 0.3) is 22.2 Å².